The molecule has 4 heteroatoms. The lowest BCUT2D eigenvalue weighted by molar-refractivity contribution is 0.0695. The molecule has 92 valence electrons. The van der Waals surface area contributed by atoms with E-state index in [1.54, 1.807) is 19.1 Å². The van der Waals surface area contributed by atoms with Gasteiger partial charge in [0.15, 0.2) is 0 Å². The summed E-state index contributed by atoms with van der Waals surface area (Å²) in [6, 6.07) is 3.11. The number of carbonyl (C=O) groups is 2. The molecular weight excluding hydrogens is 218 g/mol. The number of aromatic carboxylic acids is 1. The van der Waals surface area contributed by atoms with Crippen molar-refractivity contribution in [3.05, 3.63) is 34.4 Å². The number of aryl methyl sites for hydroxylation is 1. The maximum atomic E-state index is 11.3. The van der Waals surface area contributed by atoms with Gasteiger partial charge in [-0.3, -0.25) is 4.79 Å². The molecule has 0 heterocycles. The molecule has 4 nitrogen and oxygen atoms in total. The van der Waals surface area contributed by atoms with E-state index in [1.807, 2.05) is 13.8 Å². The Kier molecular flexibility index (Phi) is 3.89. The smallest absolute Gasteiger partial charge is 0.335 e. The normalized spacial score (nSPS) is 10.6. The van der Waals surface area contributed by atoms with Crippen LogP contribution < -0.4 is 5.73 Å². The molecular formula is C13H17NO3. The molecule has 0 saturated carbocycles. The Labute approximate surface area is 100 Å². The average molecular weight is 235 g/mol. The first-order valence-electron chi connectivity index (χ1n) is 5.49. The van der Waals surface area contributed by atoms with Gasteiger partial charge in [0.1, 0.15) is 0 Å². The lowest BCUT2D eigenvalue weighted by Crippen LogP contribution is -2.16. The van der Waals surface area contributed by atoms with Crippen LogP contribution >= 0.6 is 0 Å². The number of carboxylic acid groups (broad SMARTS) is 1. The predicted molar refractivity (Wildman–Crippen MR) is 65.2 cm³/mol. The number of primary amides is 1. The van der Waals surface area contributed by atoms with Gasteiger partial charge in [-0.05, 0) is 42.5 Å². The van der Waals surface area contributed by atoms with Gasteiger partial charge in [0.05, 0.1) is 5.56 Å². The molecule has 1 aromatic rings. The minimum absolute atomic E-state index is 0.227. The third-order valence-corrected chi connectivity index (χ3v) is 2.57. The zero-order valence-electron chi connectivity index (χ0n) is 10.3. The molecule has 0 aromatic heterocycles. The van der Waals surface area contributed by atoms with Gasteiger partial charge >= 0.3 is 5.97 Å². The van der Waals surface area contributed by atoms with Gasteiger partial charge in [0, 0.05) is 5.56 Å². The minimum atomic E-state index is -0.983. The average Bonchev–Trinajstić information content (AvgIpc) is 2.18. The number of carboxylic acids is 1. The second-order valence-electron chi connectivity index (χ2n) is 4.59. The van der Waals surface area contributed by atoms with Crippen molar-refractivity contribution >= 4 is 11.9 Å². The second kappa shape index (κ2) is 4.99. The molecule has 0 radical (unpaired) electrons. The Balaban J connectivity index is 3.36. The van der Waals surface area contributed by atoms with Crippen molar-refractivity contribution in [1.82, 2.24) is 0 Å². The van der Waals surface area contributed by atoms with Gasteiger partial charge in [-0.25, -0.2) is 4.79 Å². The maximum absolute atomic E-state index is 11.3. The van der Waals surface area contributed by atoms with Gasteiger partial charge in [-0.1, -0.05) is 13.8 Å². The van der Waals surface area contributed by atoms with E-state index < -0.39 is 11.9 Å². The monoisotopic (exact) mass is 235 g/mol. The number of hydrogen-bond acceptors (Lipinski definition) is 2. The van der Waals surface area contributed by atoms with E-state index in [-0.39, 0.29) is 5.56 Å². The molecule has 0 unspecified atom stereocenters. The van der Waals surface area contributed by atoms with Crippen molar-refractivity contribution in [2.24, 2.45) is 11.7 Å². The Morgan fingerprint density at radius 1 is 1.29 bits per heavy atom. The van der Waals surface area contributed by atoms with Crippen molar-refractivity contribution in [3.63, 3.8) is 0 Å². The third kappa shape index (κ3) is 3.06. The van der Waals surface area contributed by atoms with Crippen LogP contribution in [0, 0.1) is 12.8 Å². The fourth-order valence-corrected chi connectivity index (χ4v) is 1.82. The van der Waals surface area contributed by atoms with Crippen molar-refractivity contribution < 1.29 is 14.7 Å². The number of amides is 1. The Hall–Kier alpha value is -1.84. The van der Waals surface area contributed by atoms with Crippen molar-refractivity contribution in [3.8, 4) is 0 Å². The van der Waals surface area contributed by atoms with Crippen LogP contribution in [0.2, 0.25) is 0 Å². The quantitative estimate of drug-likeness (QED) is 0.837. The fourth-order valence-electron chi connectivity index (χ4n) is 1.82. The SMILES string of the molecule is Cc1cc(C(N)=O)c(CC(C)C)cc1C(=O)O. The topological polar surface area (TPSA) is 80.4 Å². The predicted octanol–water partition coefficient (Wildman–Crippen LogP) is 1.99. The summed E-state index contributed by atoms with van der Waals surface area (Å²) >= 11 is 0. The highest BCUT2D eigenvalue weighted by Crippen LogP contribution is 2.19. The Bertz CT molecular complexity index is 464. The van der Waals surface area contributed by atoms with Crippen LogP contribution in [0.4, 0.5) is 0 Å². The summed E-state index contributed by atoms with van der Waals surface area (Å²) in [5.41, 5.74) is 7.20. The zero-order valence-corrected chi connectivity index (χ0v) is 10.3. The number of benzene rings is 1. The van der Waals surface area contributed by atoms with Crippen LogP contribution in [0.15, 0.2) is 12.1 Å². The Morgan fingerprint density at radius 2 is 1.88 bits per heavy atom. The lowest BCUT2D eigenvalue weighted by atomic mass is 9.93. The molecule has 3 N–H and O–H groups in total. The van der Waals surface area contributed by atoms with E-state index in [0.717, 1.165) is 0 Å². The highest BCUT2D eigenvalue weighted by molar-refractivity contribution is 5.97. The van der Waals surface area contributed by atoms with Gasteiger partial charge < -0.3 is 10.8 Å². The highest BCUT2D eigenvalue weighted by atomic mass is 16.4. The molecule has 1 amide bonds. The fraction of sp³-hybridized carbons (Fsp3) is 0.385. The van der Waals surface area contributed by atoms with E-state index in [4.69, 9.17) is 10.8 Å². The molecule has 0 aliphatic heterocycles. The number of hydrogen-bond donors (Lipinski definition) is 2. The maximum Gasteiger partial charge on any atom is 0.335 e. The van der Waals surface area contributed by atoms with E-state index in [9.17, 15) is 9.59 Å². The third-order valence-electron chi connectivity index (χ3n) is 2.57. The summed E-state index contributed by atoms with van der Waals surface area (Å²) in [5.74, 6) is -1.17. The molecule has 17 heavy (non-hydrogen) atoms. The van der Waals surface area contributed by atoms with E-state index in [2.05, 4.69) is 0 Å². The summed E-state index contributed by atoms with van der Waals surface area (Å²) in [5, 5.41) is 9.04. The molecule has 0 atom stereocenters. The summed E-state index contributed by atoms with van der Waals surface area (Å²) in [4.78, 5) is 22.3. The standard InChI is InChI=1S/C13H17NO3/c1-7(2)4-9-6-10(13(16)17)8(3)5-11(9)12(14)15/h5-7H,4H2,1-3H3,(H2,14,15)(H,16,17). The summed E-state index contributed by atoms with van der Waals surface area (Å²) in [7, 11) is 0. The first-order valence-corrected chi connectivity index (χ1v) is 5.49. The summed E-state index contributed by atoms with van der Waals surface area (Å²) in [6.45, 7) is 5.67. The summed E-state index contributed by atoms with van der Waals surface area (Å²) in [6.07, 6.45) is 0.638. The number of nitrogens with two attached hydrogens (primary N) is 1. The van der Waals surface area contributed by atoms with Crippen LogP contribution in [0.5, 0.6) is 0 Å². The molecule has 1 rings (SSSR count). The van der Waals surface area contributed by atoms with Gasteiger partial charge in [-0.2, -0.15) is 0 Å². The van der Waals surface area contributed by atoms with E-state index in [1.165, 1.54) is 0 Å². The first kappa shape index (κ1) is 13.2. The minimum Gasteiger partial charge on any atom is -0.478 e. The largest absolute Gasteiger partial charge is 0.478 e. The van der Waals surface area contributed by atoms with Crippen LogP contribution in [0.3, 0.4) is 0 Å². The van der Waals surface area contributed by atoms with E-state index in [0.29, 0.717) is 29.0 Å². The second-order valence-corrected chi connectivity index (χ2v) is 4.59. The zero-order chi connectivity index (χ0) is 13.2. The van der Waals surface area contributed by atoms with Gasteiger partial charge in [0.25, 0.3) is 0 Å². The van der Waals surface area contributed by atoms with Crippen LogP contribution in [-0.4, -0.2) is 17.0 Å². The molecule has 0 saturated heterocycles. The Morgan fingerprint density at radius 3 is 2.29 bits per heavy atom. The van der Waals surface area contributed by atoms with Crippen LogP contribution in [-0.2, 0) is 6.42 Å². The first-order chi connectivity index (χ1) is 7.82. The molecule has 0 aliphatic rings. The lowest BCUT2D eigenvalue weighted by Gasteiger charge is -2.12. The molecule has 0 aliphatic carbocycles. The molecule has 1 aromatic carbocycles. The summed E-state index contributed by atoms with van der Waals surface area (Å²) < 4.78 is 0. The van der Waals surface area contributed by atoms with Gasteiger partial charge in [-0.15, -0.1) is 0 Å². The van der Waals surface area contributed by atoms with E-state index >= 15 is 0 Å². The van der Waals surface area contributed by atoms with Gasteiger partial charge in [0.2, 0.25) is 5.91 Å². The molecule has 0 spiro atoms. The molecule has 0 bridgehead atoms. The van der Waals surface area contributed by atoms with Crippen LogP contribution in [0.25, 0.3) is 0 Å². The van der Waals surface area contributed by atoms with Crippen molar-refractivity contribution in [2.45, 2.75) is 27.2 Å². The molecule has 0 fully saturated rings. The van der Waals surface area contributed by atoms with Crippen molar-refractivity contribution in [1.29, 1.82) is 0 Å². The van der Waals surface area contributed by atoms with Crippen molar-refractivity contribution in [2.75, 3.05) is 0 Å². The number of rotatable bonds is 4. The number of carbonyl (C=O) groups excluding carboxylic acids is 1. The van der Waals surface area contributed by atoms with Crippen LogP contribution in [0.1, 0.15) is 45.7 Å². The highest BCUT2D eigenvalue weighted by Gasteiger charge is 2.15.